The predicted molar refractivity (Wildman–Crippen MR) is 74.4 cm³/mol. The van der Waals surface area contributed by atoms with Crippen LogP contribution in [0.1, 0.15) is 18.4 Å². The summed E-state index contributed by atoms with van der Waals surface area (Å²) in [4.78, 5) is 0. The Bertz CT molecular complexity index is 524. The van der Waals surface area contributed by atoms with Gasteiger partial charge in [-0.15, -0.1) is 0 Å². The van der Waals surface area contributed by atoms with Crippen LogP contribution in [0.4, 0.5) is 0 Å². The summed E-state index contributed by atoms with van der Waals surface area (Å²) in [6.45, 7) is 4.80. The number of fused-ring (bicyclic) bond motifs is 1. The summed E-state index contributed by atoms with van der Waals surface area (Å²) in [5, 5.41) is 7.79. The van der Waals surface area contributed by atoms with Gasteiger partial charge in [-0.1, -0.05) is 18.2 Å². The number of benzene rings is 1. The molecule has 4 heteroatoms. The van der Waals surface area contributed by atoms with Crippen LogP contribution in [-0.4, -0.2) is 29.0 Å². The lowest BCUT2D eigenvalue weighted by atomic mass is 10.0. The van der Waals surface area contributed by atoms with Gasteiger partial charge < -0.3 is 10.1 Å². The molecule has 100 valence electrons. The minimum absolute atomic E-state index is 0.396. The van der Waals surface area contributed by atoms with Gasteiger partial charge in [-0.05, 0) is 19.1 Å². The van der Waals surface area contributed by atoms with Crippen LogP contribution in [-0.2, 0) is 6.54 Å². The molecule has 19 heavy (non-hydrogen) atoms. The molecule has 0 spiro atoms. The minimum atomic E-state index is 0.396. The number of nitrogens with zero attached hydrogens (tertiary/aromatic N) is 2. The van der Waals surface area contributed by atoms with E-state index in [1.165, 1.54) is 5.56 Å². The summed E-state index contributed by atoms with van der Waals surface area (Å²) in [6.07, 6.45) is 3.81. The van der Waals surface area contributed by atoms with E-state index >= 15 is 0 Å². The summed E-state index contributed by atoms with van der Waals surface area (Å²) in [5.41, 5.74) is 1.32. The van der Waals surface area contributed by atoms with Crippen LogP contribution in [0.25, 0.3) is 0 Å². The van der Waals surface area contributed by atoms with Crippen LogP contribution in [0.5, 0.6) is 5.75 Å². The molecule has 0 amide bonds. The fourth-order valence-corrected chi connectivity index (χ4v) is 2.50. The van der Waals surface area contributed by atoms with Crippen molar-refractivity contribution in [2.45, 2.75) is 25.4 Å². The van der Waals surface area contributed by atoms with E-state index in [4.69, 9.17) is 4.74 Å². The average molecular weight is 257 g/mol. The van der Waals surface area contributed by atoms with Gasteiger partial charge in [-0.25, -0.2) is 0 Å². The van der Waals surface area contributed by atoms with Gasteiger partial charge in [-0.2, -0.15) is 5.10 Å². The molecular weight excluding hydrogens is 238 g/mol. The Balaban J connectivity index is 1.53. The van der Waals surface area contributed by atoms with Crippen molar-refractivity contribution in [3.05, 3.63) is 48.3 Å². The van der Waals surface area contributed by atoms with E-state index in [2.05, 4.69) is 29.5 Å². The van der Waals surface area contributed by atoms with Crippen molar-refractivity contribution in [1.29, 1.82) is 0 Å². The number of rotatable bonds is 5. The summed E-state index contributed by atoms with van der Waals surface area (Å²) < 4.78 is 7.65. The molecule has 0 bridgehead atoms. The fourth-order valence-electron chi connectivity index (χ4n) is 2.50. The molecule has 1 aliphatic heterocycles. The lowest BCUT2D eigenvalue weighted by molar-refractivity contribution is 0.319. The van der Waals surface area contributed by atoms with Gasteiger partial charge in [0.1, 0.15) is 5.75 Å². The standard InChI is InChI=1S/C15H19N3O/c1-12(10-18-8-4-7-17-18)16-9-13-11-19-15-6-3-2-5-14(13)15/h2-8,12-13,16H,9-11H2,1H3. The molecule has 4 nitrogen and oxygen atoms in total. The van der Waals surface area contributed by atoms with E-state index in [-0.39, 0.29) is 0 Å². The SMILES string of the molecule is CC(Cn1cccn1)NCC1COc2ccccc21. The van der Waals surface area contributed by atoms with E-state index in [1.54, 1.807) is 0 Å². The first-order valence-electron chi connectivity index (χ1n) is 6.75. The maximum absolute atomic E-state index is 5.69. The molecule has 2 heterocycles. The van der Waals surface area contributed by atoms with Crippen LogP contribution < -0.4 is 10.1 Å². The average Bonchev–Trinajstić information content (AvgIpc) is 3.05. The number of hydrogen-bond donors (Lipinski definition) is 1. The van der Waals surface area contributed by atoms with E-state index in [0.29, 0.717) is 12.0 Å². The second-order valence-electron chi connectivity index (χ2n) is 5.08. The van der Waals surface area contributed by atoms with Gasteiger partial charge in [0.2, 0.25) is 0 Å². The molecule has 0 fully saturated rings. The first kappa shape index (κ1) is 12.2. The molecular formula is C15H19N3O. The van der Waals surface area contributed by atoms with Crippen molar-refractivity contribution in [3.63, 3.8) is 0 Å². The highest BCUT2D eigenvalue weighted by molar-refractivity contribution is 5.39. The first-order valence-corrected chi connectivity index (χ1v) is 6.75. The van der Waals surface area contributed by atoms with Gasteiger partial charge in [-0.3, -0.25) is 4.68 Å². The van der Waals surface area contributed by atoms with Crippen LogP contribution in [0.3, 0.4) is 0 Å². The lowest BCUT2D eigenvalue weighted by Crippen LogP contribution is -2.34. The minimum Gasteiger partial charge on any atom is -0.493 e. The molecule has 0 radical (unpaired) electrons. The third-order valence-corrected chi connectivity index (χ3v) is 3.53. The number of para-hydroxylation sites is 1. The molecule has 3 rings (SSSR count). The Morgan fingerprint density at radius 1 is 1.42 bits per heavy atom. The Hall–Kier alpha value is -1.81. The highest BCUT2D eigenvalue weighted by Crippen LogP contribution is 2.32. The van der Waals surface area contributed by atoms with Crippen molar-refractivity contribution in [2.75, 3.05) is 13.2 Å². The van der Waals surface area contributed by atoms with Gasteiger partial charge in [0, 0.05) is 36.5 Å². The Labute approximate surface area is 113 Å². The van der Waals surface area contributed by atoms with Crippen LogP contribution in [0, 0.1) is 0 Å². The maximum atomic E-state index is 5.69. The third kappa shape index (κ3) is 2.79. The summed E-state index contributed by atoms with van der Waals surface area (Å²) >= 11 is 0. The van der Waals surface area contributed by atoms with E-state index in [0.717, 1.165) is 25.4 Å². The Kier molecular flexibility index (Phi) is 3.51. The second-order valence-corrected chi connectivity index (χ2v) is 5.08. The lowest BCUT2D eigenvalue weighted by Gasteiger charge is -2.16. The first-order chi connectivity index (χ1) is 9.33. The van der Waals surface area contributed by atoms with Gasteiger partial charge >= 0.3 is 0 Å². The molecule has 1 N–H and O–H groups in total. The molecule has 1 aliphatic rings. The number of aromatic nitrogens is 2. The van der Waals surface area contributed by atoms with Crippen LogP contribution in [0.15, 0.2) is 42.7 Å². The summed E-state index contributed by atoms with van der Waals surface area (Å²) in [6, 6.07) is 10.7. The summed E-state index contributed by atoms with van der Waals surface area (Å²) in [5.74, 6) is 1.49. The summed E-state index contributed by atoms with van der Waals surface area (Å²) in [7, 11) is 0. The number of hydrogen-bond acceptors (Lipinski definition) is 3. The van der Waals surface area contributed by atoms with Gasteiger partial charge in [0.25, 0.3) is 0 Å². The smallest absolute Gasteiger partial charge is 0.122 e. The molecule has 0 saturated carbocycles. The predicted octanol–water partition coefficient (Wildman–Crippen LogP) is 2.04. The highest BCUT2D eigenvalue weighted by atomic mass is 16.5. The normalized spacial score (nSPS) is 18.9. The van der Waals surface area contributed by atoms with Crippen molar-refractivity contribution in [2.24, 2.45) is 0 Å². The van der Waals surface area contributed by atoms with Crippen molar-refractivity contribution < 1.29 is 4.74 Å². The van der Waals surface area contributed by atoms with Gasteiger partial charge in [0.05, 0.1) is 13.2 Å². The van der Waals surface area contributed by atoms with Crippen molar-refractivity contribution in [3.8, 4) is 5.75 Å². The molecule has 1 aromatic heterocycles. The van der Waals surface area contributed by atoms with Crippen molar-refractivity contribution in [1.82, 2.24) is 15.1 Å². The Morgan fingerprint density at radius 3 is 3.16 bits per heavy atom. The van der Waals surface area contributed by atoms with Gasteiger partial charge in [0.15, 0.2) is 0 Å². The molecule has 2 unspecified atom stereocenters. The van der Waals surface area contributed by atoms with Crippen molar-refractivity contribution >= 4 is 0 Å². The van der Waals surface area contributed by atoms with Crippen LogP contribution in [0.2, 0.25) is 0 Å². The molecule has 0 saturated heterocycles. The zero-order chi connectivity index (χ0) is 13.1. The zero-order valence-corrected chi connectivity index (χ0v) is 11.1. The van der Waals surface area contributed by atoms with Crippen LogP contribution >= 0.6 is 0 Å². The zero-order valence-electron chi connectivity index (χ0n) is 11.1. The largest absolute Gasteiger partial charge is 0.493 e. The second kappa shape index (κ2) is 5.45. The van der Waals surface area contributed by atoms with E-state index < -0.39 is 0 Å². The van der Waals surface area contributed by atoms with E-state index in [9.17, 15) is 0 Å². The quantitative estimate of drug-likeness (QED) is 0.891. The third-order valence-electron chi connectivity index (χ3n) is 3.53. The maximum Gasteiger partial charge on any atom is 0.122 e. The fraction of sp³-hybridized carbons (Fsp3) is 0.400. The molecule has 0 aliphatic carbocycles. The number of nitrogens with one attached hydrogen (secondary N) is 1. The Morgan fingerprint density at radius 2 is 2.32 bits per heavy atom. The molecule has 2 atom stereocenters. The van der Waals surface area contributed by atoms with E-state index in [1.807, 2.05) is 35.3 Å². The highest BCUT2D eigenvalue weighted by Gasteiger charge is 2.23. The topological polar surface area (TPSA) is 39.1 Å². The monoisotopic (exact) mass is 257 g/mol. The molecule has 1 aromatic carbocycles. The molecule has 2 aromatic rings. The number of ether oxygens (including phenoxy) is 1.